The van der Waals surface area contributed by atoms with Gasteiger partial charge in [-0.2, -0.15) is 0 Å². The van der Waals surface area contributed by atoms with E-state index in [-0.39, 0.29) is 12.9 Å². The van der Waals surface area contributed by atoms with Gasteiger partial charge in [-0.3, -0.25) is 0 Å². The van der Waals surface area contributed by atoms with Crippen molar-refractivity contribution in [3.63, 3.8) is 0 Å². The summed E-state index contributed by atoms with van der Waals surface area (Å²) in [6, 6.07) is 9.70. The third kappa shape index (κ3) is 4.54. The first-order chi connectivity index (χ1) is 12.6. The lowest BCUT2D eigenvalue weighted by molar-refractivity contribution is 0.174. The standard InChI is InChI=1S/C20H24ClNO4/c1-4-23-19-8-15(16(21)9-20(19)26-13(2)3)11-22-10-14-5-6-17-18(7-14)25-12-24-17/h5-9,13,22H,4,10-12H2,1-3H3. The van der Waals surface area contributed by atoms with E-state index in [0.717, 1.165) is 22.6 Å². The van der Waals surface area contributed by atoms with Crippen molar-refractivity contribution in [2.45, 2.75) is 40.0 Å². The lowest BCUT2D eigenvalue weighted by Gasteiger charge is -2.17. The average Bonchev–Trinajstić information content (AvgIpc) is 3.06. The maximum Gasteiger partial charge on any atom is 0.231 e. The molecule has 0 saturated heterocycles. The summed E-state index contributed by atoms with van der Waals surface area (Å²) in [7, 11) is 0. The molecule has 0 fully saturated rings. The van der Waals surface area contributed by atoms with Gasteiger partial charge in [0.05, 0.1) is 12.7 Å². The molecule has 0 amide bonds. The fourth-order valence-electron chi connectivity index (χ4n) is 2.72. The van der Waals surface area contributed by atoms with Gasteiger partial charge in [-0.1, -0.05) is 17.7 Å². The molecule has 1 aliphatic heterocycles. The first-order valence-corrected chi connectivity index (χ1v) is 9.15. The van der Waals surface area contributed by atoms with Crippen molar-refractivity contribution < 1.29 is 18.9 Å². The number of fused-ring (bicyclic) bond motifs is 1. The highest BCUT2D eigenvalue weighted by Gasteiger charge is 2.14. The highest BCUT2D eigenvalue weighted by atomic mass is 35.5. The molecule has 0 saturated carbocycles. The minimum Gasteiger partial charge on any atom is -0.490 e. The van der Waals surface area contributed by atoms with Crippen molar-refractivity contribution in [1.29, 1.82) is 0 Å². The molecule has 0 radical (unpaired) electrons. The van der Waals surface area contributed by atoms with Crippen LogP contribution in [0.2, 0.25) is 5.02 Å². The van der Waals surface area contributed by atoms with Gasteiger partial charge in [-0.25, -0.2) is 0 Å². The molecule has 3 rings (SSSR count). The number of rotatable bonds is 8. The van der Waals surface area contributed by atoms with E-state index < -0.39 is 0 Å². The van der Waals surface area contributed by atoms with E-state index in [1.165, 1.54) is 0 Å². The Labute approximate surface area is 159 Å². The molecule has 0 unspecified atom stereocenters. The molecule has 1 aliphatic rings. The molecule has 26 heavy (non-hydrogen) atoms. The van der Waals surface area contributed by atoms with Crippen molar-refractivity contribution >= 4 is 11.6 Å². The summed E-state index contributed by atoms with van der Waals surface area (Å²) >= 11 is 6.43. The second-order valence-corrected chi connectivity index (χ2v) is 6.69. The van der Waals surface area contributed by atoms with Crippen LogP contribution in [-0.2, 0) is 13.1 Å². The van der Waals surface area contributed by atoms with Crippen LogP contribution in [0.1, 0.15) is 31.9 Å². The summed E-state index contributed by atoms with van der Waals surface area (Å²) in [5.41, 5.74) is 2.09. The van der Waals surface area contributed by atoms with Crippen LogP contribution in [0, 0.1) is 0 Å². The van der Waals surface area contributed by atoms with Gasteiger partial charge < -0.3 is 24.3 Å². The molecule has 2 aromatic rings. The first kappa shape index (κ1) is 18.7. The fourth-order valence-corrected chi connectivity index (χ4v) is 2.94. The second kappa shape index (κ2) is 8.52. The molecule has 0 bridgehead atoms. The van der Waals surface area contributed by atoms with E-state index in [1.54, 1.807) is 0 Å². The van der Waals surface area contributed by atoms with Crippen LogP contribution < -0.4 is 24.3 Å². The third-order valence-electron chi connectivity index (χ3n) is 3.86. The molecule has 140 valence electrons. The summed E-state index contributed by atoms with van der Waals surface area (Å²) in [4.78, 5) is 0. The molecule has 0 aromatic heterocycles. The molecule has 6 heteroatoms. The number of ether oxygens (including phenoxy) is 4. The Bertz CT molecular complexity index is 764. The van der Waals surface area contributed by atoms with E-state index in [0.29, 0.717) is 36.2 Å². The normalized spacial score (nSPS) is 12.5. The Morgan fingerprint density at radius 1 is 1.08 bits per heavy atom. The predicted octanol–water partition coefficient (Wildman–Crippen LogP) is 4.54. The van der Waals surface area contributed by atoms with Gasteiger partial charge in [0.1, 0.15) is 0 Å². The Morgan fingerprint density at radius 3 is 2.65 bits per heavy atom. The summed E-state index contributed by atoms with van der Waals surface area (Å²) in [5, 5.41) is 4.06. The zero-order valence-corrected chi connectivity index (χ0v) is 16.1. The van der Waals surface area contributed by atoms with Gasteiger partial charge in [0, 0.05) is 24.2 Å². The monoisotopic (exact) mass is 377 g/mol. The second-order valence-electron chi connectivity index (χ2n) is 6.28. The Balaban J connectivity index is 1.66. The minimum atomic E-state index is 0.0558. The number of nitrogens with one attached hydrogen (secondary N) is 1. The van der Waals surface area contributed by atoms with Crippen LogP contribution in [0.4, 0.5) is 0 Å². The van der Waals surface area contributed by atoms with Crippen LogP contribution in [-0.4, -0.2) is 19.5 Å². The Morgan fingerprint density at radius 2 is 1.88 bits per heavy atom. The number of benzene rings is 2. The van der Waals surface area contributed by atoms with Crippen LogP contribution in [0.15, 0.2) is 30.3 Å². The zero-order chi connectivity index (χ0) is 18.5. The SMILES string of the molecule is CCOc1cc(CNCc2ccc3c(c2)OCO3)c(Cl)cc1OC(C)C. The molecule has 1 heterocycles. The van der Waals surface area contributed by atoms with Crippen molar-refractivity contribution in [1.82, 2.24) is 5.32 Å². The molecular formula is C20H24ClNO4. The van der Waals surface area contributed by atoms with E-state index in [2.05, 4.69) is 5.32 Å². The van der Waals surface area contributed by atoms with Crippen LogP contribution in [0.3, 0.4) is 0 Å². The van der Waals surface area contributed by atoms with E-state index >= 15 is 0 Å². The van der Waals surface area contributed by atoms with E-state index in [9.17, 15) is 0 Å². The highest BCUT2D eigenvalue weighted by Crippen LogP contribution is 2.35. The summed E-state index contributed by atoms with van der Waals surface area (Å²) in [6.45, 7) is 8.07. The largest absolute Gasteiger partial charge is 0.490 e. The van der Waals surface area contributed by atoms with Gasteiger partial charge >= 0.3 is 0 Å². The zero-order valence-electron chi connectivity index (χ0n) is 15.3. The first-order valence-electron chi connectivity index (χ1n) is 8.78. The number of hydrogen-bond donors (Lipinski definition) is 1. The van der Waals surface area contributed by atoms with Crippen LogP contribution in [0.5, 0.6) is 23.0 Å². The van der Waals surface area contributed by atoms with E-state index in [4.69, 9.17) is 30.5 Å². The van der Waals surface area contributed by atoms with Gasteiger partial charge in [0.2, 0.25) is 6.79 Å². The molecule has 5 nitrogen and oxygen atoms in total. The van der Waals surface area contributed by atoms with Crippen molar-refractivity contribution in [3.05, 3.63) is 46.5 Å². The van der Waals surface area contributed by atoms with Crippen LogP contribution in [0.25, 0.3) is 0 Å². The maximum absolute atomic E-state index is 6.43. The fraction of sp³-hybridized carbons (Fsp3) is 0.400. The Kier molecular flexibility index (Phi) is 6.12. The summed E-state index contributed by atoms with van der Waals surface area (Å²) in [6.07, 6.45) is 0.0558. The minimum absolute atomic E-state index is 0.0558. The van der Waals surface area contributed by atoms with Crippen molar-refractivity contribution in [3.8, 4) is 23.0 Å². The molecule has 0 atom stereocenters. The highest BCUT2D eigenvalue weighted by molar-refractivity contribution is 6.31. The molecule has 0 spiro atoms. The van der Waals surface area contributed by atoms with Gasteiger partial charge in [0.15, 0.2) is 23.0 Å². The maximum atomic E-state index is 6.43. The molecule has 2 aromatic carbocycles. The average molecular weight is 378 g/mol. The molecular weight excluding hydrogens is 354 g/mol. The Hall–Kier alpha value is -2.11. The summed E-state index contributed by atoms with van der Waals surface area (Å²) < 4.78 is 22.2. The van der Waals surface area contributed by atoms with Gasteiger partial charge in [0.25, 0.3) is 0 Å². The van der Waals surface area contributed by atoms with Crippen molar-refractivity contribution in [2.75, 3.05) is 13.4 Å². The number of hydrogen-bond acceptors (Lipinski definition) is 5. The molecule has 1 N–H and O–H groups in total. The van der Waals surface area contributed by atoms with Gasteiger partial charge in [-0.15, -0.1) is 0 Å². The third-order valence-corrected chi connectivity index (χ3v) is 4.21. The predicted molar refractivity (Wildman–Crippen MR) is 101 cm³/mol. The molecule has 0 aliphatic carbocycles. The van der Waals surface area contributed by atoms with E-state index in [1.807, 2.05) is 51.1 Å². The number of halogens is 1. The van der Waals surface area contributed by atoms with Gasteiger partial charge in [-0.05, 0) is 50.1 Å². The van der Waals surface area contributed by atoms with Crippen LogP contribution >= 0.6 is 11.6 Å². The lowest BCUT2D eigenvalue weighted by atomic mass is 10.1. The quantitative estimate of drug-likeness (QED) is 0.731. The smallest absolute Gasteiger partial charge is 0.231 e. The topological polar surface area (TPSA) is 49.0 Å². The van der Waals surface area contributed by atoms with Crippen molar-refractivity contribution in [2.24, 2.45) is 0 Å². The summed E-state index contributed by atoms with van der Waals surface area (Å²) in [5.74, 6) is 2.96. The lowest BCUT2D eigenvalue weighted by Crippen LogP contribution is -2.14.